The fourth-order valence-electron chi connectivity index (χ4n) is 3.52. The molecule has 0 aromatic heterocycles. The lowest BCUT2D eigenvalue weighted by atomic mass is 9.91. The summed E-state index contributed by atoms with van der Waals surface area (Å²) in [5, 5.41) is 9.32. The first-order valence-electron chi connectivity index (χ1n) is 8.30. The standard InChI is InChI=1S/C20H23NO2/c22-20(23)19-11-5-4-10-18(19)15-21-12-6-9-17(14-21)13-16-7-2-1-3-8-16/h1-5,7-8,10-11,17H,6,9,12-15H2,(H,22,23). The molecule has 0 bridgehead atoms. The zero-order valence-corrected chi connectivity index (χ0v) is 13.3. The molecule has 1 aliphatic rings. The number of likely N-dealkylation sites (tertiary alicyclic amines) is 1. The van der Waals surface area contributed by atoms with Gasteiger partial charge in [0.05, 0.1) is 5.56 Å². The first kappa shape index (κ1) is 15.8. The second-order valence-electron chi connectivity index (χ2n) is 6.40. The second kappa shape index (κ2) is 7.42. The molecule has 0 radical (unpaired) electrons. The Labute approximate surface area is 137 Å². The van der Waals surface area contributed by atoms with E-state index in [1.807, 2.05) is 12.1 Å². The lowest BCUT2D eigenvalue weighted by Gasteiger charge is -2.33. The van der Waals surface area contributed by atoms with Gasteiger partial charge in [0.2, 0.25) is 0 Å². The van der Waals surface area contributed by atoms with E-state index < -0.39 is 5.97 Å². The number of piperidine rings is 1. The molecule has 120 valence electrons. The van der Waals surface area contributed by atoms with Gasteiger partial charge >= 0.3 is 5.97 Å². The van der Waals surface area contributed by atoms with Crippen LogP contribution < -0.4 is 0 Å². The van der Waals surface area contributed by atoms with E-state index in [1.165, 1.54) is 18.4 Å². The molecule has 3 nitrogen and oxygen atoms in total. The van der Waals surface area contributed by atoms with E-state index in [0.29, 0.717) is 11.5 Å². The third kappa shape index (κ3) is 4.20. The molecule has 23 heavy (non-hydrogen) atoms. The zero-order chi connectivity index (χ0) is 16.1. The average molecular weight is 309 g/mol. The van der Waals surface area contributed by atoms with Crippen LogP contribution in [0.15, 0.2) is 54.6 Å². The van der Waals surface area contributed by atoms with Gasteiger partial charge < -0.3 is 5.11 Å². The fourth-order valence-corrected chi connectivity index (χ4v) is 3.52. The molecule has 1 heterocycles. The Bertz CT molecular complexity index is 654. The largest absolute Gasteiger partial charge is 0.478 e. The molecule has 1 unspecified atom stereocenters. The van der Waals surface area contributed by atoms with Crippen LogP contribution >= 0.6 is 0 Å². The van der Waals surface area contributed by atoms with Crippen molar-refractivity contribution in [3.63, 3.8) is 0 Å². The lowest BCUT2D eigenvalue weighted by molar-refractivity contribution is 0.0693. The average Bonchev–Trinajstić information content (AvgIpc) is 2.56. The van der Waals surface area contributed by atoms with Crippen LogP contribution in [0.4, 0.5) is 0 Å². The first-order chi connectivity index (χ1) is 11.2. The summed E-state index contributed by atoms with van der Waals surface area (Å²) in [5.74, 6) is -0.179. The van der Waals surface area contributed by atoms with E-state index in [0.717, 1.165) is 31.6 Å². The number of benzene rings is 2. The number of rotatable bonds is 5. The van der Waals surface area contributed by atoms with Crippen molar-refractivity contribution in [3.8, 4) is 0 Å². The molecule has 2 aromatic carbocycles. The summed E-state index contributed by atoms with van der Waals surface area (Å²) in [6.07, 6.45) is 3.55. The minimum absolute atomic E-state index is 0.428. The van der Waals surface area contributed by atoms with Crippen LogP contribution in [-0.4, -0.2) is 29.1 Å². The Kier molecular flexibility index (Phi) is 5.09. The summed E-state index contributed by atoms with van der Waals surface area (Å²) in [5.41, 5.74) is 2.74. The highest BCUT2D eigenvalue weighted by atomic mass is 16.4. The van der Waals surface area contributed by atoms with Crippen molar-refractivity contribution in [1.82, 2.24) is 4.90 Å². The summed E-state index contributed by atoms with van der Waals surface area (Å²) in [6.45, 7) is 2.83. The molecule has 0 amide bonds. The van der Waals surface area contributed by atoms with Crippen molar-refractivity contribution in [3.05, 3.63) is 71.3 Å². The Balaban J connectivity index is 1.64. The Morgan fingerprint density at radius 2 is 1.83 bits per heavy atom. The van der Waals surface area contributed by atoms with Crippen LogP contribution in [0.3, 0.4) is 0 Å². The molecular weight excluding hydrogens is 286 g/mol. The van der Waals surface area contributed by atoms with Crippen molar-refractivity contribution in [2.24, 2.45) is 5.92 Å². The molecule has 0 spiro atoms. The van der Waals surface area contributed by atoms with Gasteiger partial charge in [-0.05, 0) is 48.9 Å². The molecule has 3 heteroatoms. The zero-order valence-electron chi connectivity index (χ0n) is 13.3. The van der Waals surface area contributed by atoms with E-state index >= 15 is 0 Å². The van der Waals surface area contributed by atoms with Gasteiger partial charge in [0, 0.05) is 13.1 Å². The van der Waals surface area contributed by atoms with Crippen molar-refractivity contribution in [1.29, 1.82) is 0 Å². The molecule has 0 saturated carbocycles. The van der Waals surface area contributed by atoms with Crippen molar-refractivity contribution >= 4 is 5.97 Å². The molecule has 1 saturated heterocycles. The third-order valence-corrected chi connectivity index (χ3v) is 4.61. The highest BCUT2D eigenvalue weighted by Crippen LogP contribution is 2.23. The molecule has 1 aliphatic heterocycles. The predicted octanol–water partition coefficient (Wildman–Crippen LogP) is 3.84. The van der Waals surface area contributed by atoms with E-state index in [-0.39, 0.29) is 0 Å². The van der Waals surface area contributed by atoms with Crippen LogP contribution in [-0.2, 0) is 13.0 Å². The number of carboxylic acids is 1. The van der Waals surface area contributed by atoms with Crippen molar-refractivity contribution in [2.45, 2.75) is 25.8 Å². The van der Waals surface area contributed by atoms with Crippen molar-refractivity contribution < 1.29 is 9.90 Å². The minimum atomic E-state index is -0.835. The summed E-state index contributed by atoms with van der Waals surface area (Å²) in [6, 6.07) is 18.0. The Morgan fingerprint density at radius 3 is 2.61 bits per heavy atom. The maximum atomic E-state index is 11.4. The normalized spacial score (nSPS) is 18.7. The highest BCUT2D eigenvalue weighted by Gasteiger charge is 2.21. The first-order valence-corrected chi connectivity index (χ1v) is 8.30. The molecule has 1 fully saturated rings. The van der Waals surface area contributed by atoms with Gasteiger partial charge in [-0.25, -0.2) is 4.79 Å². The van der Waals surface area contributed by atoms with Gasteiger partial charge in [0.1, 0.15) is 0 Å². The number of carbonyl (C=O) groups is 1. The SMILES string of the molecule is O=C(O)c1ccccc1CN1CCCC(Cc2ccccc2)C1. The minimum Gasteiger partial charge on any atom is -0.478 e. The van der Waals surface area contributed by atoms with Crippen LogP contribution in [0.5, 0.6) is 0 Å². The molecular formula is C20H23NO2. The summed E-state index contributed by atoms with van der Waals surface area (Å²) in [4.78, 5) is 13.8. The maximum absolute atomic E-state index is 11.4. The molecule has 3 rings (SSSR count). The second-order valence-corrected chi connectivity index (χ2v) is 6.40. The van der Waals surface area contributed by atoms with Gasteiger partial charge in [-0.3, -0.25) is 4.90 Å². The number of nitrogens with zero attached hydrogens (tertiary/aromatic N) is 1. The monoisotopic (exact) mass is 309 g/mol. The molecule has 0 aliphatic carbocycles. The number of hydrogen-bond donors (Lipinski definition) is 1. The van der Waals surface area contributed by atoms with Gasteiger partial charge in [-0.15, -0.1) is 0 Å². The lowest BCUT2D eigenvalue weighted by Crippen LogP contribution is -2.36. The quantitative estimate of drug-likeness (QED) is 0.912. The van der Waals surface area contributed by atoms with Crippen LogP contribution in [0, 0.1) is 5.92 Å². The van der Waals surface area contributed by atoms with Gasteiger partial charge in [0.25, 0.3) is 0 Å². The summed E-state index contributed by atoms with van der Waals surface area (Å²) < 4.78 is 0. The topological polar surface area (TPSA) is 40.5 Å². The van der Waals surface area contributed by atoms with Gasteiger partial charge in [-0.1, -0.05) is 48.5 Å². The molecule has 1 atom stereocenters. The van der Waals surface area contributed by atoms with E-state index in [2.05, 4.69) is 35.2 Å². The third-order valence-electron chi connectivity index (χ3n) is 4.61. The van der Waals surface area contributed by atoms with E-state index in [9.17, 15) is 9.90 Å². The van der Waals surface area contributed by atoms with Crippen LogP contribution in [0.1, 0.15) is 34.3 Å². The molecule has 2 aromatic rings. The Morgan fingerprint density at radius 1 is 1.09 bits per heavy atom. The number of aromatic carboxylic acids is 1. The summed E-state index contributed by atoms with van der Waals surface area (Å²) in [7, 11) is 0. The van der Waals surface area contributed by atoms with Crippen LogP contribution in [0.25, 0.3) is 0 Å². The predicted molar refractivity (Wildman–Crippen MR) is 91.5 cm³/mol. The maximum Gasteiger partial charge on any atom is 0.336 e. The number of carboxylic acid groups (broad SMARTS) is 1. The van der Waals surface area contributed by atoms with Gasteiger partial charge in [-0.2, -0.15) is 0 Å². The summed E-state index contributed by atoms with van der Waals surface area (Å²) >= 11 is 0. The van der Waals surface area contributed by atoms with Crippen molar-refractivity contribution in [2.75, 3.05) is 13.1 Å². The smallest absolute Gasteiger partial charge is 0.336 e. The van der Waals surface area contributed by atoms with E-state index in [1.54, 1.807) is 12.1 Å². The van der Waals surface area contributed by atoms with E-state index in [4.69, 9.17) is 0 Å². The Hall–Kier alpha value is -2.13. The van der Waals surface area contributed by atoms with Crippen LogP contribution in [0.2, 0.25) is 0 Å². The fraction of sp³-hybridized carbons (Fsp3) is 0.350. The highest BCUT2D eigenvalue weighted by molar-refractivity contribution is 5.89. The number of hydrogen-bond acceptors (Lipinski definition) is 2. The molecule has 1 N–H and O–H groups in total. The van der Waals surface area contributed by atoms with Gasteiger partial charge in [0.15, 0.2) is 0 Å².